The van der Waals surface area contributed by atoms with Gasteiger partial charge in [0.1, 0.15) is 0 Å². The molecule has 0 aromatic heterocycles. The molecule has 1 atom stereocenters. The van der Waals surface area contributed by atoms with Crippen LogP contribution >= 0.6 is 11.8 Å². The molecule has 2 aliphatic rings. The first kappa shape index (κ1) is 17.3. The summed E-state index contributed by atoms with van der Waals surface area (Å²) in [6, 6.07) is 10.1. The van der Waals surface area contributed by atoms with E-state index in [1.165, 1.54) is 5.56 Å². The number of aryl methyl sites for hydroxylation is 1. The minimum Gasteiger partial charge on any atom is -0.341 e. The second kappa shape index (κ2) is 8.53. The molecule has 6 heteroatoms. The van der Waals surface area contributed by atoms with Crippen LogP contribution in [0, 0.1) is 0 Å². The van der Waals surface area contributed by atoms with Gasteiger partial charge < -0.3 is 9.80 Å². The van der Waals surface area contributed by atoms with Gasteiger partial charge in [-0.2, -0.15) is 0 Å². The van der Waals surface area contributed by atoms with Crippen molar-refractivity contribution in [2.24, 2.45) is 0 Å². The summed E-state index contributed by atoms with van der Waals surface area (Å²) in [5.74, 6) is 2.10. The van der Waals surface area contributed by atoms with Crippen molar-refractivity contribution in [1.29, 1.82) is 0 Å². The van der Waals surface area contributed by atoms with Crippen molar-refractivity contribution < 1.29 is 9.59 Å². The van der Waals surface area contributed by atoms with Crippen LogP contribution in [0.4, 0.5) is 0 Å². The van der Waals surface area contributed by atoms with Crippen LogP contribution < -0.4 is 5.32 Å². The van der Waals surface area contributed by atoms with Crippen molar-refractivity contribution in [3.63, 3.8) is 0 Å². The van der Waals surface area contributed by atoms with E-state index in [2.05, 4.69) is 17.4 Å². The lowest BCUT2D eigenvalue weighted by Gasteiger charge is -2.24. The van der Waals surface area contributed by atoms with E-state index in [1.54, 1.807) is 11.8 Å². The monoisotopic (exact) mass is 347 g/mol. The molecule has 24 heavy (non-hydrogen) atoms. The number of nitrogens with zero attached hydrogens (tertiary/aromatic N) is 2. The van der Waals surface area contributed by atoms with Crippen LogP contribution in [0.15, 0.2) is 30.3 Å². The molecule has 2 saturated heterocycles. The molecule has 0 saturated carbocycles. The van der Waals surface area contributed by atoms with Gasteiger partial charge in [0.15, 0.2) is 0 Å². The summed E-state index contributed by atoms with van der Waals surface area (Å²) in [4.78, 5) is 28.8. The molecule has 2 aliphatic heterocycles. The Kier molecular flexibility index (Phi) is 6.15. The number of hydrogen-bond acceptors (Lipinski definition) is 4. The van der Waals surface area contributed by atoms with Crippen LogP contribution in [0.3, 0.4) is 0 Å². The molecule has 0 aliphatic carbocycles. The van der Waals surface area contributed by atoms with E-state index in [-0.39, 0.29) is 17.9 Å². The summed E-state index contributed by atoms with van der Waals surface area (Å²) >= 11 is 1.77. The predicted molar refractivity (Wildman–Crippen MR) is 96.8 cm³/mol. The molecule has 1 aromatic rings. The number of benzene rings is 1. The van der Waals surface area contributed by atoms with Gasteiger partial charge in [-0.3, -0.25) is 14.9 Å². The van der Waals surface area contributed by atoms with Gasteiger partial charge in [-0.1, -0.05) is 30.3 Å². The van der Waals surface area contributed by atoms with E-state index in [1.807, 2.05) is 28.0 Å². The zero-order valence-corrected chi connectivity index (χ0v) is 14.8. The van der Waals surface area contributed by atoms with Gasteiger partial charge in [0.2, 0.25) is 11.8 Å². The van der Waals surface area contributed by atoms with Gasteiger partial charge in [-0.25, -0.2) is 0 Å². The zero-order chi connectivity index (χ0) is 16.8. The van der Waals surface area contributed by atoms with Gasteiger partial charge in [0.05, 0.1) is 6.04 Å². The lowest BCUT2D eigenvalue weighted by Crippen LogP contribution is -2.46. The maximum absolute atomic E-state index is 12.5. The van der Waals surface area contributed by atoms with Crippen molar-refractivity contribution in [2.75, 3.05) is 37.8 Å². The van der Waals surface area contributed by atoms with Gasteiger partial charge in [0, 0.05) is 44.2 Å². The third kappa shape index (κ3) is 4.51. The van der Waals surface area contributed by atoms with Gasteiger partial charge >= 0.3 is 0 Å². The number of nitrogens with one attached hydrogen (secondary N) is 1. The average molecular weight is 347 g/mol. The first-order valence-corrected chi connectivity index (χ1v) is 9.81. The fraction of sp³-hybridized carbons (Fsp3) is 0.556. The average Bonchev–Trinajstić information content (AvgIpc) is 3.04. The maximum atomic E-state index is 12.5. The Labute approximate surface area is 147 Å². The minimum absolute atomic E-state index is 0.0460. The first-order valence-electron chi connectivity index (χ1n) is 8.65. The predicted octanol–water partition coefficient (Wildman–Crippen LogP) is 1.34. The Balaban J connectivity index is 1.47. The van der Waals surface area contributed by atoms with E-state index in [4.69, 9.17) is 0 Å². The molecular weight excluding hydrogens is 322 g/mol. The third-order valence-electron chi connectivity index (χ3n) is 4.65. The Hall–Kier alpha value is -1.53. The van der Waals surface area contributed by atoms with Crippen LogP contribution in [-0.4, -0.2) is 65.5 Å². The normalized spacial score (nSPS) is 21.6. The molecule has 0 radical (unpaired) electrons. The Morgan fingerprint density at radius 2 is 1.83 bits per heavy atom. The van der Waals surface area contributed by atoms with E-state index in [0.717, 1.165) is 37.6 Å². The summed E-state index contributed by atoms with van der Waals surface area (Å²) in [7, 11) is 0. The van der Waals surface area contributed by atoms with Crippen LogP contribution in [0.25, 0.3) is 0 Å². The van der Waals surface area contributed by atoms with Gasteiger partial charge in [-0.15, -0.1) is 11.8 Å². The number of hydrogen-bond donors (Lipinski definition) is 1. The van der Waals surface area contributed by atoms with E-state index in [0.29, 0.717) is 19.5 Å². The lowest BCUT2D eigenvalue weighted by atomic mass is 10.1. The second-order valence-corrected chi connectivity index (χ2v) is 7.35. The molecule has 2 fully saturated rings. The topological polar surface area (TPSA) is 52.7 Å². The summed E-state index contributed by atoms with van der Waals surface area (Å²) in [6.07, 6.45) is 2.18. The SMILES string of the molecule is O=C(CCc1ccccc1)N1CCCN(C(=O)C2CSCN2)CC1. The molecule has 130 valence electrons. The van der Waals surface area contributed by atoms with Gasteiger partial charge in [0.25, 0.3) is 0 Å². The Morgan fingerprint density at radius 3 is 2.58 bits per heavy atom. The van der Waals surface area contributed by atoms with Crippen molar-refractivity contribution in [3.8, 4) is 0 Å². The standard InChI is InChI=1S/C18H25N3O2S/c22-17(8-7-15-5-2-1-3-6-15)20-9-4-10-21(12-11-20)18(23)16-13-24-14-19-16/h1-3,5-6,16,19H,4,7-14H2. The van der Waals surface area contributed by atoms with Crippen LogP contribution in [-0.2, 0) is 16.0 Å². The first-order chi connectivity index (χ1) is 11.7. The highest BCUT2D eigenvalue weighted by molar-refractivity contribution is 7.99. The van der Waals surface area contributed by atoms with Crippen molar-refractivity contribution in [1.82, 2.24) is 15.1 Å². The second-order valence-electron chi connectivity index (χ2n) is 6.32. The van der Waals surface area contributed by atoms with E-state index < -0.39 is 0 Å². The molecule has 1 aromatic carbocycles. The number of thioether (sulfide) groups is 1. The highest BCUT2D eigenvalue weighted by Gasteiger charge is 2.29. The van der Waals surface area contributed by atoms with Crippen LogP contribution in [0.1, 0.15) is 18.4 Å². The number of carbonyl (C=O) groups excluding carboxylic acids is 2. The van der Waals surface area contributed by atoms with Crippen molar-refractivity contribution in [3.05, 3.63) is 35.9 Å². The molecule has 2 heterocycles. The zero-order valence-electron chi connectivity index (χ0n) is 13.9. The van der Waals surface area contributed by atoms with Gasteiger partial charge in [-0.05, 0) is 18.4 Å². The van der Waals surface area contributed by atoms with Crippen molar-refractivity contribution in [2.45, 2.75) is 25.3 Å². The molecule has 0 spiro atoms. The summed E-state index contributed by atoms with van der Waals surface area (Å²) in [6.45, 7) is 2.81. The minimum atomic E-state index is -0.0460. The fourth-order valence-corrected chi connectivity index (χ4v) is 4.15. The van der Waals surface area contributed by atoms with E-state index >= 15 is 0 Å². The van der Waals surface area contributed by atoms with Crippen molar-refractivity contribution >= 4 is 23.6 Å². The summed E-state index contributed by atoms with van der Waals surface area (Å²) in [5, 5.41) is 3.24. The maximum Gasteiger partial charge on any atom is 0.240 e. The molecular formula is C18H25N3O2S. The Bertz CT molecular complexity index is 561. The van der Waals surface area contributed by atoms with Crippen LogP contribution in [0.5, 0.6) is 0 Å². The summed E-state index contributed by atoms with van der Waals surface area (Å²) < 4.78 is 0. The van der Waals surface area contributed by atoms with Crippen LogP contribution in [0.2, 0.25) is 0 Å². The fourth-order valence-electron chi connectivity index (χ4n) is 3.22. The smallest absolute Gasteiger partial charge is 0.240 e. The molecule has 1 unspecified atom stereocenters. The number of rotatable bonds is 4. The largest absolute Gasteiger partial charge is 0.341 e. The lowest BCUT2D eigenvalue weighted by molar-refractivity contribution is -0.134. The highest BCUT2D eigenvalue weighted by atomic mass is 32.2. The molecule has 1 N–H and O–H groups in total. The quantitative estimate of drug-likeness (QED) is 0.893. The molecule has 2 amide bonds. The molecule has 3 rings (SSSR count). The third-order valence-corrected chi connectivity index (χ3v) is 5.58. The van der Waals surface area contributed by atoms with E-state index in [9.17, 15) is 9.59 Å². The highest BCUT2D eigenvalue weighted by Crippen LogP contribution is 2.14. The Morgan fingerprint density at radius 1 is 1.08 bits per heavy atom. The summed E-state index contributed by atoms with van der Waals surface area (Å²) in [5.41, 5.74) is 1.20. The molecule has 0 bridgehead atoms. The molecule has 5 nitrogen and oxygen atoms in total. The number of amides is 2. The number of carbonyl (C=O) groups is 2.